The molecule has 2 aromatic rings. The maximum Gasteiger partial charge on any atom is 0.158 e. The van der Waals surface area contributed by atoms with Gasteiger partial charge in [-0.25, -0.2) is 9.97 Å². The Hall–Kier alpha value is -2.34. The number of rotatable bonds is 6. The van der Waals surface area contributed by atoms with E-state index in [1.165, 1.54) is 0 Å². The predicted octanol–water partition coefficient (Wildman–Crippen LogP) is 1.85. The second-order valence-corrected chi connectivity index (χ2v) is 4.70. The number of hydrogen-bond donors (Lipinski definition) is 1. The number of methoxy groups -OCH3 is 2. The summed E-state index contributed by atoms with van der Waals surface area (Å²) in [5.41, 5.74) is 6.97. The standard InChI is InChI=1S/C15H20N4O2/c1-19(9-11-4-6-12(21-3)7-5-11)15-8-13(16)17-14(18-15)10-20-2/h4-8H,9-10H2,1-3H3,(H2,16,17,18). The molecular weight excluding hydrogens is 268 g/mol. The van der Waals surface area contributed by atoms with Crippen molar-refractivity contribution in [2.75, 3.05) is 31.9 Å². The monoisotopic (exact) mass is 288 g/mol. The summed E-state index contributed by atoms with van der Waals surface area (Å²) in [5, 5.41) is 0. The van der Waals surface area contributed by atoms with Crippen LogP contribution < -0.4 is 15.4 Å². The lowest BCUT2D eigenvalue weighted by Crippen LogP contribution is -2.19. The van der Waals surface area contributed by atoms with Gasteiger partial charge in [-0.15, -0.1) is 0 Å². The minimum Gasteiger partial charge on any atom is -0.497 e. The highest BCUT2D eigenvalue weighted by Gasteiger charge is 2.08. The molecule has 2 rings (SSSR count). The molecule has 1 aromatic heterocycles. The molecule has 2 N–H and O–H groups in total. The van der Waals surface area contributed by atoms with E-state index in [2.05, 4.69) is 9.97 Å². The second-order valence-electron chi connectivity index (χ2n) is 4.70. The van der Waals surface area contributed by atoms with Crippen LogP contribution in [0.3, 0.4) is 0 Å². The van der Waals surface area contributed by atoms with Gasteiger partial charge in [0, 0.05) is 26.8 Å². The highest BCUT2D eigenvalue weighted by atomic mass is 16.5. The van der Waals surface area contributed by atoms with Crippen LogP contribution in [0.2, 0.25) is 0 Å². The molecule has 0 saturated heterocycles. The molecule has 0 unspecified atom stereocenters. The minimum atomic E-state index is 0.342. The minimum absolute atomic E-state index is 0.342. The molecule has 0 aliphatic rings. The molecule has 0 aliphatic carbocycles. The number of benzene rings is 1. The molecule has 112 valence electrons. The molecule has 1 aromatic carbocycles. The van der Waals surface area contributed by atoms with Crippen molar-refractivity contribution in [1.82, 2.24) is 9.97 Å². The van der Waals surface area contributed by atoms with E-state index in [9.17, 15) is 0 Å². The molecule has 6 heteroatoms. The summed E-state index contributed by atoms with van der Waals surface area (Å²) >= 11 is 0. The number of hydrogen-bond acceptors (Lipinski definition) is 6. The van der Waals surface area contributed by atoms with Gasteiger partial charge in [-0.05, 0) is 17.7 Å². The van der Waals surface area contributed by atoms with E-state index >= 15 is 0 Å². The van der Waals surface area contributed by atoms with Crippen molar-refractivity contribution in [2.24, 2.45) is 0 Å². The Morgan fingerprint density at radius 2 is 1.86 bits per heavy atom. The summed E-state index contributed by atoms with van der Waals surface area (Å²) in [5.74, 6) is 2.63. The zero-order valence-electron chi connectivity index (χ0n) is 12.5. The summed E-state index contributed by atoms with van der Waals surface area (Å²) in [6, 6.07) is 9.68. The van der Waals surface area contributed by atoms with Gasteiger partial charge in [0.2, 0.25) is 0 Å². The van der Waals surface area contributed by atoms with E-state index in [1.807, 2.05) is 36.2 Å². The number of nitrogens with two attached hydrogens (primary N) is 1. The molecular formula is C15H20N4O2. The number of nitrogens with zero attached hydrogens (tertiary/aromatic N) is 3. The van der Waals surface area contributed by atoms with Crippen LogP contribution in [-0.4, -0.2) is 31.2 Å². The fourth-order valence-corrected chi connectivity index (χ4v) is 1.98. The maximum absolute atomic E-state index is 5.81. The normalized spacial score (nSPS) is 10.4. The smallest absolute Gasteiger partial charge is 0.158 e. The zero-order chi connectivity index (χ0) is 15.2. The van der Waals surface area contributed by atoms with E-state index in [0.29, 0.717) is 24.8 Å². The van der Waals surface area contributed by atoms with Crippen molar-refractivity contribution < 1.29 is 9.47 Å². The van der Waals surface area contributed by atoms with Gasteiger partial charge in [-0.1, -0.05) is 12.1 Å². The zero-order valence-corrected chi connectivity index (χ0v) is 12.5. The van der Waals surface area contributed by atoms with Crippen LogP contribution >= 0.6 is 0 Å². The van der Waals surface area contributed by atoms with Crippen molar-refractivity contribution in [2.45, 2.75) is 13.2 Å². The van der Waals surface area contributed by atoms with Crippen LogP contribution in [0.25, 0.3) is 0 Å². The summed E-state index contributed by atoms with van der Waals surface area (Å²) < 4.78 is 10.2. The van der Waals surface area contributed by atoms with E-state index in [4.69, 9.17) is 15.2 Å². The SMILES string of the molecule is COCc1nc(N)cc(N(C)Cc2ccc(OC)cc2)n1. The number of nitrogen functional groups attached to an aromatic ring is 1. The molecule has 0 spiro atoms. The topological polar surface area (TPSA) is 73.5 Å². The van der Waals surface area contributed by atoms with Crippen molar-refractivity contribution in [1.29, 1.82) is 0 Å². The molecule has 0 aliphatic heterocycles. The van der Waals surface area contributed by atoms with Gasteiger partial charge in [0.05, 0.1) is 7.11 Å². The average Bonchev–Trinajstić information content (AvgIpc) is 2.48. The van der Waals surface area contributed by atoms with E-state index in [0.717, 1.165) is 17.1 Å². The first-order chi connectivity index (χ1) is 10.1. The van der Waals surface area contributed by atoms with Crippen LogP contribution in [0.1, 0.15) is 11.4 Å². The van der Waals surface area contributed by atoms with Gasteiger partial charge in [0.25, 0.3) is 0 Å². The Morgan fingerprint density at radius 3 is 2.48 bits per heavy atom. The third-order valence-corrected chi connectivity index (χ3v) is 3.02. The Morgan fingerprint density at radius 1 is 1.14 bits per heavy atom. The van der Waals surface area contributed by atoms with E-state index < -0.39 is 0 Å². The molecule has 0 atom stereocenters. The van der Waals surface area contributed by atoms with Gasteiger partial charge >= 0.3 is 0 Å². The summed E-state index contributed by atoms with van der Waals surface area (Å²) in [7, 11) is 5.22. The van der Waals surface area contributed by atoms with Crippen molar-refractivity contribution >= 4 is 11.6 Å². The van der Waals surface area contributed by atoms with Crippen LogP contribution in [0, 0.1) is 0 Å². The van der Waals surface area contributed by atoms with Gasteiger partial charge in [0.1, 0.15) is 24.0 Å². The quantitative estimate of drug-likeness (QED) is 0.874. The fraction of sp³-hybridized carbons (Fsp3) is 0.333. The van der Waals surface area contributed by atoms with Gasteiger partial charge < -0.3 is 20.1 Å². The highest BCUT2D eigenvalue weighted by Crippen LogP contribution is 2.17. The first-order valence-electron chi connectivity index (χ1n) is 6.59. The number of aromatic nitrogens is 2. The summed E-state index contributed by atoms with van der Waals surface area (Å²) in [6.07, 6.45) is 0. The van der Waals surface area contributed by atoms with Crippen molar-refractivity contribution in [3.05, 3.63) is 41.7 Å². The van der Waals surface area contributed by atoms with Crippen molar-refractivity contribution in [3.63, 3.8) is 0 Å². The predicted molar refractivity (Wildman–Crippen MR) is 82.3 cm³/mol. The summed E-state index contributed by atoms with van der Waals surface area (Å²) in [6.45, 7) is 1.06. The molecule has 0 saturated carbocycles. The van der Waals surface area contributed by atoms with Gasteiger partial charge in [-0.2, -0.15) is 0 Å². The van der Waals surface area contributed by atoms with Gasteiger partial charge in [-0.3, -0.25) is 0 Å². The Balaban J connectivity index is 2.13. The van der Waals surface area contributed by atoms with E-state index in [-0.39, 0.29) is 0 Å². The van der Waals surface area contributed by atoms with Crippen LogP contribution in [0.4, 0.5) is 11.6 Å². The van der Waals surface area contributed by atoms with Crippen molar-refractivity contribution in [3.8, 4) is 5.75 Å². The first-order valence-corrected chi connectivity index (χ1v) is 6.59. The Kier molecular flexibility index (Phi) is 4.94. The molecule has 6 nitrogen and oxygen atoms in total. The Bertz CT molecular complexity index is 587. The van der Waals surface area contributed by atoms with Crippen LogP contribution in [0.5, 0.6) is 5.75 Å². The lowest BCUT2D eigenvalue weighted by Gasteiger charge is -2.19. The first kappa shape index (κ1) is 15.1. The average molecular weight is 288 g/mol. The number of anilines is 2. The van der Waals surface area contributed by atoms with Crippen LogP contribution in [0.15, 0.2) is 30.3 Å². The lowest BCUT2D eigenvalue weighted by molar-refractivity contribution is 0.178. The molecule has 1 heterocycles. The molecule has 21 heavy (non-hydrogen) atoms. The second kappa shape index (κ2) is 6.90. The number of ether oxygens (including phenoxy) is 2. The fourth-order valence-electron chi connectivity index (χ4n) is 1.98. The van der Waals surface area contributed by atoms with Gasteiger partial charge in [0.15, 0.2) is 5.82 Å². The third-order valence-electron chi connectivity index (χ3n) is 3.02. The Labute approximate surface area is 124 Å². The lowest BCUT2D eigenvalue weighted by atomic mass is 10.2. The summed E-state index contributed by atoms with van der Waals surface area (Å²) in [4.78, 5) is 10.6. The molecule has 0 bridgehead atoms. The molecule has 0 amide bonds. The molecule has 0 radical (unpaired) electrons. The largest absolute Gasteiger partial charge is 0.497 e. The molecule has 0 fully saturated rings. The maximum atomic E-state index is 5.81. The highest BCUT2D eigenvalue weighted by molar-refractivity contribution is 5.47. The van der Waals surface area contributed by atoms with E-state index in [1.54, 1.807) is 20.3 Å². The van der Waals surface area contributed by atoms with Crippen LogP contribution in [-0.2, 0) is 17.9 Å². The third kappa shape index (κ3) is 4.06.